The van der Waals surface area contributed by atoms with E-state index in [2.05, 4.69) is 0 Å². The van der Waals surface area contributed by atoms with Crippen molar-refractivity contribution in [2.75, 3.05) is 0 Å². The lowest BCUT2D eigenvalue weighted by Gasteiger charge is -2.06. The zero-order chi connectivity index (χ0) is 8.59. The minimum absolute atomic E-state index is 0.184. The van der Waals surface area contributed by atoms with Crippen molar-refractivity contribution in [2.24, 2.45) is 0 Å². The first kappa shape index (κ1) is 8.50. The maximum Gasteiger partial charge on any atom is 0.201 e. The molecule has 0 aromatic carbocycles. The van der Waals surface area contributed by atoms with Crippen LogP contribution in [0.25, 0.3) is 0 Å². The lowest BCUT2D eigenvalue weighted by Crippen LogP contribution is -2.12. The van der Waals surface area contributed by atoms with Crippen LogP contribution in [0.4, 0.5) is 0 Å². The Morgan fingerprint density at radius 2 is 1.73 bits per heavy atom. The van der Waals surface area contributed by atoms with Crippen molar-refractivity contribution in [3.8, 4) is 0 Å². The lowest BCUT2D eigenvalue weighted by molar-refractivity contribution is -0.115. The highest BCUT2D eigenvalue weighted by molar-refractivity contribution is 6.58. The molecule has 0 saturated carbocycles. The Labute approximate surface area is 73.5 Å². The van der Waals surface area contributed by atoms with Crippen LogP contribution in [0.3, 0.4) is 0 Å². The number of allylic oxidation sites excluding steroid dienone is 4. The zero-order valence-electron chi connectivity index (χ0n) is 5.65. The Morgan fingerprint density at radius 1 is 1.18 bits per heavy atom. The summed E-state index contributed by atoms with van der Waals surface area (Å²) >= 11 is 10.9. The minimum atomic E-state index is -0.409. The average molecular weight is 193 g/mol. The third kappa shape index (κ3) is 1.37. The fourth-order valence-electron chi connectivity index (χ4n) is 0.706. The van der Waals surface area contributed by atoms with Gasteiger partial charge in [-0.15, -0.1) is 0 Å². The first-order valence-corrected chi connectivity index (χ1v) is 3.62. The van der Waals surface area contributed by atoms with Crippen molar-refractivity contribution < 1.29 is 9.59 Å². The molecule has 11 heavy (non-hydrogen) atoms. The van der Waals surface area contributed by atoms with Gasteiger partial charge in [-0.3, -0.25) is 9.59 Å². The molecule has 2 nitrogen and oxygen atoms in total. The van der Waals surface area contributed by atoms with Crippen LogP contribution in [-0.2, 0) is 9.59 Å². The Hall–Kier alpha value is -0.600. The molecule has 0 unspecified atom stereocenters. The molecule has 0 heterocycles. The number of rotatable bonds is 0. The van der Waals surface area contributed by atoms with Crippen LogP contribution in [0.2, 0.25) is 0 Å². The van der Waals surface area contributed by atoms with E-state index in [1.807, 2.05) is 0 Å². The van der Waals surface area contributed by atoms with Gasteiger partial charge in [0.1, 0.15) is 10.1 Å². The van der Waals surface area contributed by atoms with E-state index in [9.17, 15) is 9.59 Å². The van der Waals surface area contributed by atoms with Gasteiger partial charge < -0.3 is 0 Å². The predicted octanol–water partition coefficient (Wildman–Crippen LogP) is 1.77. The van der Waals surface area contributed by atoms with Crippen molar-refractivity contribution in [2.45, 2.75) is 6.92 Å². The molecule has 1 aliphatic rings. The third-order valence-corrected chi connectivity index (χ3v) is 2.15. The highest BCUT2D eigenvalue weighted by Crippen LogP contribution is 2.24. The molecule has 0 radical (unpaired) electrons. The molecule has 0 aromatic heterocycles. The monoisotopic (exact) mass is 192 g/mol. The maximum absolute atomic E-state index is 11.0. The Bertz CT molecular complexity index is 300. The molecule has 58 valence electrons. The molecule has 0 aromatic rings. The first-order valence-electron chi connectivity index (χ1n) is 2.86. The molecule has 4 heteroatoms. The van der Waals surface area contributed by atoms with Gasteiger partial charge in [-0.1, -0.05) is 23.2 Å². The van der Waals surface area contributed by atoms with E-state index in [1.165, 1.54) is 13.0 Å². The number of carbonyl (C=O) groups is 2. The molecule has 0 saturated heterocycles. The standard InChI is InChI=1S/C7H4Cl2O2/c1-3-2-4(10)5(8)6(9)7(3)11/h2H,1H3/i2+1,3+1. The molecular formula is C7H4Cl2O2. The molecule has 1 rings (SSSR count). The van der Waals surface area contributed by atoms with Gasteiger partial charge in [0.15, 0.2) is 5.78 Å². The summed E-state index contributed by atoms with van der Waals surface area (Å²) in [6.45, 7) is 1.52. The normalized spacial score (nSPS) is 19.0. The molecular weight excluding hydrogens is 189 g/mol. The molecule has 0 aliphatic heterocycles. The number of hydrogen-bond acceptors (Lipinski definition) is 2. The molecule has 0 spiro atoms. The summed E-state index contributed by atoms with van der Waals surface area (Å²) in [5.41, 5.74) is 0.324. The number of hydrogen-bond donors (Lipinski definition) is 0. The van der Waals surface area contributed by atoms with Gasteiger partial charge in [0.2, 0.25) is 5.78 Å². The SMILES string of the molecule is C[13C]1=[13CH]C(=O)C(Cl)=C(Cl)C1=O. The largest absolute Gasteiger partial charge is 0.288 e. The van der Waals surface area contributed by atoms with E-state index < -0.39 is 5.78 Å². The fraction of sp³-hybridized carbons (Fsp3) is 0.143. The Morgan fingerprint density at radius 3 is 2.27 bits per heavy atom. The van der Waals surface area contributed by atoms with Gasteiger partial charge in [-0.25, -0.2) is 0 Å². The van der Waals surface area contributed by atoms with Gasteiger partial charge in [-0.05, 0) is 13.0 Å². The minimum Gasteiger partial charge on any atom is -0.288 e. The van der Waals surface area contributed by atoms with E-state index >= 15 is 0 Å². The molecule has 0 bridgehead atoms. The highest BCUT2D eigenvalue weighted by atomic mass is 35.5. The summed E-state index contributed by atoms with van der Waals surface area (Å²) in [5, 5.41) is -0.376. The van der Waals surface area contributed by atoms with Crippen LogP contribution in [0.1, 0.15) is 6.92 Å². The molecule has 1 aliphatic carbocycles. The molecule has 0 amide bonds. The fourth-order valence-corrected chi connectivity index (χ4v) is 1.09. The van der Waals surface area contributed by atoms with Crippen LogP contribution in [0.15, 0.2) is 21.7 Å². The Kier molecular flexibility index (Phi) is 2.16. The number of Topliss-reactive ketones (excluding diaryl/α,β-unsaturated/α-hetero) is 1. The number of ketones is 2. The van der Waals surface area contributed by atoms with Crippen LogP contribution >= 0.6 is 23.2 Å². The predicted molar refractivity (Wildman–Crippen MR) is 42.5 cm³/mol. The average Bonchev–Trinajstić information content (AvgIpc) is 1.97. The van der Waals surface area contributed by atoms with Crippen molar-refractivity contribution in [1.29, 1.82) is 0 Å². The van der Waals surface area contributed by atoms with Gasteiger partial charge in [0.25, 0.3) is 0 Å². The molecule has 0 fully saturated rings. The van der Waals surface area contributed by atoms with Crippen LogP contribution in [-0.4, -0.2) is 11.6 Å². The summed E-state index contributed by atoms with van der Waals surface area (Å²) in [5.74, 6) is -0.787. The van der Waals surface area contributed by atoms with Crippen molar-refractivity contribution in [3.63, 3.8) is 0 Å². The second-order valence-electron chi connectivity index (χ2n) is 2.15. The number of halogens is 2. The van der Waals surface area contributed by atoms with Crippen LogP contribution in [0.5, 0.6) is 0 Å². The first-order chi connectivity index (χ1) is 5.04. The van der Waals surface area contributed by atoms with Gasteiger partial charge in [0, 0.05) is 5.57 Å². The Balaban J connectivity index is 3.19. The highest BCUT2D eigenvalue weighted by Gasteiger charge is 2.23. The van der Waals surface area contributed by atoms with E-state index in [1.54, 1.807) is 0 Å². The van der Waals surface area contributed by atoms with E-state index in [0.717, 1.165) is 0 Å². The van der Waals surface area contributed by atoms with Crippen molar-refractivity contribution >= 4 is 34.8 Å². The smallest absolute Gasteiger partial charge is 0.201 e. The summed E-state index contributed by atoms with van der Waals surface area (Å²) in [6, 6.07) is 0. The van der Waals surface area contributed by atoms with Crippen LogP contribution in [0, 0.1) is 0 Å². The van der Waals surface area contributed by atoms with Crippen molar-refractivity contribution in [1.82, 2.24) is 0 Å². The summed E-state index contributed by atoms with van der Waals surface area (Å²) in [6.07, 6.45) is 1.18. The van der Waals surface area contributed by atoms with E-state index in [4.69, 9.17) is 23.2 Å². The third-order valence-electron chi connectivity index (χ3n) is 1.31. The molecule has 0 atom stereocenters. The van der Waals surface area contributed by atoms with Gasteiger partial charge >= 0.3 is 0 Å². The lowest BCUT2D eigenvalue weighted by atomic mass is 10.3. The maximum atomic E-state index is 11.0. The summed E-state index contributed by atoms with van der Waals surface area (Å²) in [7, 11) is 0. The topological polar surface area (TPSA) is 34.1 Å². The second-order valence-corrected chi connectivity index (χ2v) is 2.90. The van der Waals surface area contributed by atoms with Gasteiger partial charge in [-0.2, -0.15) is 0 Å². The quantitative estimate of drug-likeness (QED) is 0.434. The summed E-state index contributed by atoms with van der Waals surface area (Å²) < 4.78 is 0. The molecule has 0 N–H and O–H groups in total. The van der Waals surface area contributed by atoms with E-state index in [-0.39, 0.29) is 15.8 Å². The van der Waals surface area contributed by atoms with Gasteiger partial charge in [0.05, 0.1) is 0 Å². The van der Waals surface area contributed by atoms with Crippen LogP contribution < -0.4 is 0 Å². The zero-order valence-corrected chi connectivity index (χ0v) is 7.16. The van der Waals surface area contributed by atoms with E-state index in [0.29, 0.717) is 5.57 Å². The number of carbonyl (C=O) groups excluding carboxylic acids is 2. The second kappa shape index (κ2) is 2.80. The summed E-state index contributed by atoms with van der Waals surface area (Å²) in [4.78, 5) is 21.8. The van der Waals surface area contributed by atoms with Crippen molar-refractivity contribution in [3.05, 3.63) is 21.7 Å².